The second kappa shape index (κ2) is 8.27. The van der Waals surface area contributed by atoms with Crippen LogP contribution in [0.5, 0.6) is 0 Å². The fraction of sp³-hybridized carbons (Fsp3) is 0.600. The number of nitrogens with one attached hydrogen (secondary N) is 1. The van der Waals surface area contributed by atoms with Gasteiger partial charge in [-0.25, -0.2) is 4.79 Å². The molecule has 0 radical (unpaired) electrons. The smallest absolute Gasteiger partial charge is 0.318 e. The first-order valence-corrected chi connectivity index (χ1v) is 9.92. The van der Waals surface area contributed by atoms with Crippen LogP contribution >= 0.6 is 0 Å². The maximum atomic E-state index is 12.6. The lowest BCUT2D eigenvalue weighted by Crippen LogP contribution is -2.55. The predicted molar refractivity (Wildman–Crippen MR) is 101 cm³/mol. The Morgan fingerprint density at radius 3 is 2.48 bits per heavy atom. The molecule has 1 atom stereocenters. The molecule has 1 aromatic rings. The van der Waals surface area contributed by atoms with Crippen LogP contribution in [0.2, 0.25) is 0 Å². The van der Waals surface area contributed by atoms with Crippen molar-refractivity contribution >= 4 is 11.9 Å². The van der Waals surface area contributed by atoms with Crippen molar-refractivity contribution in [1.82, 2.24) is 20.0 Å². The number of carbonyl (C=O) groups is 2. The molecular weight excluding hydrogens is 344 g/mol. The lowest BCUT2D eigenvalue weighted by molar-refractivity contribution is -0.134. The Morgan fingerprint density at radius 1 is 1.00 bits per heavy atom. The van der Waals surface area contributed by atoms with E-state index >= 15 is 0 Å². The molecule has 3 aliphatic rings. The third kappa shape index (κ3) is 4.25. The van der Waals surface area contributed by atoms with Gasteiger partial charge in [0.1, 0.15) is 0 Å². The number of ether oxygens (including phenoxy) is 1. The topological polar surface area (TPSA) is 65.1 Å². The zero-order valence-corrected chi connectivity index (χ0v) is 15.7. The van der Waals surface area contributed by atoms with E-state index < -0.39 is 0 Å². The summed E-state index contributed by atoms with van der Waals surface area (Å²) in [7, 11) is 0. The Balaban J connectivity index is 1.24. The molecule has 7 nitrogen and oxygen atoms in total. The van der Waals surface area contributed by atoms with E-state index in [1.54, 1.807) is 0 Å². The molecule has 2 saturated heterocycles. The van der Waals surface area contributed by atoms with Crippen LogP contribution in [0.15, 0.2) is 24.3 Å². The first-order valence-electron chi connectivity index (χ1n) is 9.92. The van der Waals surface area contributed by atoms with Crippen molar-refractivity contribution < 1.29 is 14.3 Å². The summed E-state index contributed by atoms with van der Waals surface area (Å²) in [6.07, 6.45) is 1.98. The van der Waals surface area contributed by atoms with Gasteiger partial charge in [-0.1, -0.05) is 24.3 Å². The Morgan fingerprint density at radius 2 is 1.70 bits per heavy atom. The van der Waals surface area contributed by atoms with E-state index in [0.717, 1.165) is 25.9 Å². The molecule has 1 aromatic carbocycles. The molecule has 0 bridgehead atoms. The zero-order chi connectivity index (χ0) is 18.6. The van der Waals surface area contributed by atoms with Gasteiger partial charge in [-0.3, -0.25) is 9.69 Å². The maximum Gasteiger partial charge on any atom is 0.318 e. The van der Waals surface area contributed by atoms with Crippen molar-refractivity contribution in [2.75, 3.05) is 59.0 Å². The highest BCUT2D eigenvalue weighted by molar-refractivity contribution is 5.79. The van der Waals surface area contributed by atoms with Crippen molar-refractivity contribution in [3.8, 4) is 0 Å². The van der Waals surface area contributed by atoms with Gasteiger partial charge in [-0.05, 0) is 24.0 Å². The number of urea groups is 1. The number of aryl methyl sites for hydroxylation is 1. The van der Waals surface area contributed by atoms with Gasteiger partial charge < -0.3 is 19.9 Å². The first kappa shape index (κ1) is 18.3. The van der Waals surface area contributed by atoms with E-state index in [2.05, 4.69) is 28.4 Å². The summed E-state index contributed by atoms with van der Waals surface area (Å²) >= 11 is 0. The van der Waals surface area contributed by atoms with Crippen molar-refractivity contribution in [2.24, 2.45) is 0 Å². The van der Waals surface area contributed by atoms with Crippen molar-refractivity contribution in [3.63, 3.8) is 0 Å². The van der Waals surface area contributed by atoms with Crippen LogP contribution in [0.4, 0.5) is 4.79 Å². The molecule has 2 aliphatic heterocycles. The molecule has 2 heterocycles. The number of benzene rings is 1. The van der Waals surface area contributed by atoms with Crippen molar-refractivity contribution in [3.05, 3.63) is 35.4 Å². The summed E-state index contributed by atoms with van der Waals surface area (Å²) < 4.78 is 5.33. The quantitative estimate of drug-likeness (QED) is 0.855. The lowest BCUT2D eigenvalue weighted by atomic mass is 10.1. The molecule has 3 amide bonds. The molecule has 1 N–H and O–H groups in total. The first-order chi connectivity index (χ1) is 13.2. The molecule has 1 aliphatic carbocycles. The van der Waals surface area contributed by atoms with Gasteiger partial charge in [0.05, 0.1) is 25.8 Å². The average Bonchev–Trinajstić information content (AvgIpc) is 3.12. The van der Waals surface area contributed by atoms with Crippen molar-refractivity contribution in [1.29, 1.82) is 0 Å². The highest BCUT2D eigenvalue weighted by Crippen LogP contribution is 2.30. The number of hydrogen-bond donors (Lipinski definition) is 1. The monoisotopic (exact) mass is 372 g/mol. The van der Waals surface area contributed by atoms with E-state index in [4.69, 9.17) is 4.74 Å². The number of carbonyl (C=O) groups excluding carboxylic acids is 2. The van der Waals surface area contributed by atoms with Crippen LogP contribution in [0, 0.1) is 0 Å². The molecule has 4 rings (SSSR count). The van der Waals surface area contributed by atoms with Gasteiger partial charge >= 0.3 is 6.03 Å². The Hall–Kier alpha value is -2.12. The molecule has 0 spiro atoms. The molecule has 2 fully saturated rings. The minimum atomic E-state index is -0.0167. The lowest BCUT2D eigenvalue weighted by Gasteiger charge is -2.36. The fourth-order valence-corrected chi connectivity index (χ4v) is 4.16. The minimum absolute atomic E-state index is 0.0167. The summed E-state index contributed by atoms with van der Waals surface area (Å²) in [5.74, 6) is 0.154. The van der Waals surface area contributed by atoms with Gasteiger partial charge in [0.15, 0.2) is 0 Å². The Kier molecular flexibility index (Phi) is 5.59. The van der Waals surface area contributed by atoms with Crippen LogP contribution in [-0.2, 0) is 16.0 Å². The largest absolute Gasteiger partial charge is 0.379 e. The predicted octanol–water partition coefficient (Wildman–Crippen LogP) is 0.860. The highest BCUT2D eigenvalue weighted by atomic mass is 16.5. The Labute approximate surface area is 160 Å². The SMILES string of the molecule is O=C(CN1CCOCC1)N1CCN(C(=O)NC2CCc3ccccc32)CC1. The van der Waals surface area contributed by atoms with Gasteiger partial charge in [-0.15, -0.1) is 0 Å². The van der Waals surface area contributed by atoms with Crippen molar-refractivity contribution in [2.45, 2.75) is 18.9 Å². The summed E-state index contributed by atoms with van der Waals surface area (Å²) in [5.41, 5.74) is 2.58. The molecule has 1 unspecified atom stereocenters. The molecule has 0 saturated carbocycles. The van der Waals surface area contributed by atoms with Gasteiger partial charge in [0.25, 0.3) is 0 Å². The van der Waals surface area contributed by atoms with Crippen LogP contribution in [-0.4, -0.2) is 85.7 Å². The number of amides is 3. The van der Waals surface area contributed by atoms with E-state index in [9.17, 15) is 9.59 Å². The van der Waals surface area contributed by atoms with Crippen LogP contribution < -0.4 is 5.32 Å². The second-order valence-electron chi connectivity index (χ2n) is 7.50. The van der Waals surface area contributed by atoms with Gasteiger partial charge in [0, 0.05) is 39.3 Å². The molecule has 27 heavy (non-hydrogen) atoms. The molecule has 7 heteroatoms. The van der Waals surface area contributed by atoms with E-state index in [1.807, 2.05) is 15.9 Å². The Bertz CT molecular complexity index is 682. The zero-order valence-electron chi connectivity index (χ0n) is 15.7. The molecule has 146 valence electrons. The van der Waals surface area contributed by atoms with Crippen LogP contribution in [0.3, 0.4) is 0 Å². The fourth-order valence-electron chi connectivity index (χ4n) is 4.16. The number of nitrogens with zero attached hydrogens (tertiary/aromatic N) is 3. The molecule has 0 aromatic heterocycles. The highest BCUT2D eigenvalue weighted by Gasteiger charge is 2.29. The summed E-state index contributed by atoms with van der Waals surface area (Å²) in [6.45, 7) is 5.89. The maximum absolute atomic E-state index is 12.6. The third-order valence-electron chi connectivity index (χ3n) is 5.81. The van der Waals surface area contributed by atoms with E-state index in [1.165, 1.54) is 11.1 Å². The van der Waals surface area contributed by atoms with Gasteiger partial charge in [0.2, 0.25) is 5.91 Å². The normalized spacial score (nSPS) is 23.2. The molecular formula is C20H28N4O3. The van der Waals surface area contributed by atoms with Crippen LogP contribution in [0.25, 0.3) is 0 Å². The number of morpholine rings is 1. The number of piperazine rings is 1. The summed E-state index contributed by atoms with van der Waals surface area (Å²) in [6, 6.07) is 8.42. The average molecular weight is 372 g/mol. The standard InChI is InChI=1S/C20H28N4O3/c25-19(15-22-11-13-27-14-12-22)23-7-9-24(10-8-23)20(26)21-18-6-5-16-3-1-2-4-17(16)18/h1-4,18H,5-15H2,(H,21,26). The number of rotatable bonds is 3. The van der Waals surface area contributed by atoms with Gasteiger partial charge in [-0.2, -0.15) is 0 Å². The second-order valence-corrected chi connectivity index (χ2v) is 7.50. The summed E-state index contributed by atoms with van der Waals surface area (Å²) in [4.78, 5) is 31.0. The summed E-state index contributed by atoms with van der Waals surface area (Å²) in [5, 5.41) is 3.18. The van der Waals surface area contributed by atoms with E-state index in [0.29, 0.717) is 45.9 Å². The third-order valence-corrected chi connectivity index (χ3v) is 5.81. The number of fused-ring (bicyclic) bond motifs is 1. The minimum Gasteiger partial charge on any atom is -0.379 e. The van der Waals surface area contributed by atoms with Crippen LogP contribution in [0.1, 0.15) is 23.6 Å². The number of hydrogen-bond acceptors (Lipinski definition) is 4. The van der Waals surface area contributed by atoms with E-state index in [-0.39, 0.29) is 18.0 Å².